The van der Waals surface area contributed by atoms with E-state index in [2.05, 4.69) is 9.98 Å². The summed E-state index contributed by atoms with van der Waals surface area (Å²) in [5.74, 6) is 0.512. The average molecular weight is 246 g/mol. The van der Waals surface area contributed by atoms with E-state index >= 15 is 0 Å². The van der Waals surface area contributed by atoms with Gasteiger partial charge in [-0.3, -0.25) is 9.98 Å². The van der Waals surface area contributed by atoms with Crippen molar-refractivity contribution in [3.05, 3.63) is 64.9 Å². The molecule has 0 fully saturated rings. The van der Waals surface area contributed by atoms with Gasteiger partial charge in [0.25, 0.3) is 0 Å². The van der Waals surface area contributed by atoms with Crippen LogP contribution in [0.3, 0.4) is 0 Å². The summed E-state index contributed by atoms with van der Waals surface area (Å²) in [6.45, 7) is 0.553. The van der Waals surface area contributed by atoms with Crippen molar-refractivity contribution >= 4 is 17.4 Å². The van der Waals surface area contributed by atoms with Crippen molar-refractivity contribution < 1.29 is 0 Å². The summed E-state index contributed by atoms with van der Waals surface area (Å²) in [6, 6.07) is 11.1. The largest absolute Gasteiger partial charge is 0.383 e. The molecule has 2 aromatic rings. The topological polar surface area (TPSA) is 51.3 Å². The van der Waals surface area contributed by atoms with Gasteiger partial charge in [0.05, 0.1) is 6.54 Å². The fourth-order valence-electron chi connectivity index (χ4n) is 1.38. The molecule has 1 aromatic heterocycles. The lowest BCUT2D eigenvalue weighted by Gasteiger charge is -2.01. The zero-order valence-electron chi connectivity index (χ0n) is 9.18. The molecule has 0 saturated heterocycles. The van der Waals surface area contributed by atoms with Crippen molar-refractivity contribution in [2.45, 2.75) is 6.54 Å². The summed E-state index contributed by atoms with van der Waals surface area (Å²) in [5, 5.41) is 0.690. The van der Waals surface area contributed by atoms with Gasteiger partial charge in [-0.25, -0.2) is 0 Å². The Morgan fingerprint density at radius 2 is 1.76 bits per heavy atom. The first-order chi connectivity index (χ1) is 8.25. The van der Waals surface area contributed by atoms with Gasteiger partial charge < -0.3 is 5.73 Å². The van der Waals surface area contributed by atoms with Gasteiger partial charge in [0, 0.05) is 23.0 Å². The van der Waals surface area contributed by atoms with E-state index < -0.39 is 0 Å². The minimum absolute atomic E-state index is 0.512. The molecule has 0 spiro atoms. The van der Waals surface area contributed by atoms with E-state index in [1.165, 1.54) is 0 Å². The molecule has 0 bridgehead atoms. The number of pyridine rings is 1. The number of rotatable bonds is 3. The number of hydrogen-bond donors (Lipinski definition) is 1. The zero-order chi connectivity index (χ0) is 12.1. The van der Waals surface area contributed by atoms with Gasteiger partial charge in [-0.05, 0) is 42.0 Å². The first-order valence-electron chi connectivity index (χ1n) is 5.20. The lowest BCUT2D eigenvalue weighted by Crippen LogP contribution is -2.13. The molecule has 0 aliphatic heterocycles. The molecule has 17 heavy (non-hydrogen) atoms. The van der Waals surface area contributed by atoms with E-state index in [1.54, 1.807) is 24.5 Å². The predicted molar refractivity (Wildman–Crippen MR) is 70.1 cm³/mol. The molecule has 4 heteroatoms. The number of aliphatic imine (C=N–C) groups is 1. The van der Waals surface area contributed by atoms with Crippen LogP contribution in [0.1, 0.15) is 11.1 Å². The van der Waals surface area contributed by atoms with Crippen LogP contribution < -0.4 is 5.73 Å². The van der Waals surface area contributed by atoms with Gasteiger partial charge in [0.1, 0.15) is 5.84 Å². The SMILES string of the molecule is NC(=NCc1ccncc1)c1ccc(Cl)cc1. The van der Waals surface area contributed by atoms with Gasteiger partial charge in [-0.1, -0.05) is 11.6 Å². The molecule has 2 rings (SSSR count). The Morgan fingerprint density at radius 1 is 1.12 bits per heavy atom. The Hall–Kier alpha value is -1.87. The summed E-state index contributed by atoms with van der Waals surface area (Å²) in [5.41, 5.74) is 7.84. The van der Waals surface area contributed by atoms with E-state index in [4.69, 9.17) is 17.3 Å². The summed E-state index contributed by atoms with van der Waals surface area (Å²) in [4.78, 5) is 8.26. The molecule has 1 heterocycles. The van der Waals surface area contributed by atoms with E-state index in [9.17, 15) is 0 Å². The van der Waals surface area contributed by atoms with Gasteiger partial charge in [0.15, 0.2) is 0 Å². The van der Waals surface area contributed by atoms with Crippen LogP contribution in [-0.4, -0.2) is 10.8 Å². The minimum Gasteiger partial charge on any atom is -0.383 e. The minimum atomic E-state index is 0.512. The summed E-state index contributed by atoms with van der Waals surface area (Å²) < 4.78 is 0. The molecule has 0 aliphatic carbocycles. The van der Waals surface area contributed by atoms with E-state index in [0.29, 0.717) is 17.4 Å². The third kappa shape index (κ3) is 3.29. The highest BCUT2D eigenvalue weighted by atomic mass is 35.5. The highest BCUT2D eigenvalue weighted by Crippen LogP contribution is 2.09. The maximum atomic E-state index is 5.88. The predicted octanol–water partition coefficient (Wildman–Crippen LogP) is 2.64. The Labute approximate surface area is 105 Å². The molecule has 0 atom stereocenters. The summed E-state index contributed by atoms with van der Waals surface area (Å²) in [7, 11) is 0. The molecule has 0 radical (unpaired) electrons. The lowest BCUT2D eigenvalue weighted by atomic mass is 10.2. The van der Waals surface area contributed by atoms with Gasteiger partial charge in [-0.15, -0.1) is 0 Å². The van der Waals surface area contributed by atoms with Crippen molar-refractivity contribution in [2.75, 3.05) is 0 Å². The number of aromatic nitrogens is 1. The number of halogens is 1. The van der Waals surface area contributed by atoms with Crippen LogP contribution in [0.25, 0.3) is 0 Å². The van der Waals surface area contributed by atoms with Gasteiger partial charge >= 0.3 is 0 Å². The van der Waals surface area contributed by atoms with Gasteiger partial charge in [-0.2, -0.15) is 0 Å². The maximum absolute atomic E-state index is 5.88. The molecule has 0 saturated carbocycles. The number of nitrogens with two attached hydrogens (primary N) is 1. The van der Waals surface area contributed by atoms with Crippen LogP contribution >= 0.6 is 11.6 Å². The molecule has 0 aliphatic rings. The number of nitrogens with zero attached hydrogens (tertiary/aromatic N) is 2. The molecular weight excluding hydrogens is 234 g/mol. The molecule has 2 N–H and O–H groups in total. The maximum Gasteiger partial charge on any atom is 0.125 e. The zero-order valence-corrected chi connectivity index (χ0v) is 9.93. The quantitative estimate of drug-likeness (QED) is 0.668. The molecule has 0 amide bonds. The van der Waals surface area contributed by atoms with E-state index in [0.717, 1.165) is 11.1 Å². The van der Waals surface area contributed by atoms with Crippen molar-refractivity contribution in [3.8, 4) is 0 Å². The van der Waals surface area contributed by atoms with Crippen LogP contribution in [0.2, 0.25) is 5.02 Å². The third-order valence-corrected chi connectivity index (χ3v) is 2.57. The molecular formula is C13H12ClN3. The third-order valence-electron chi connectivity index (χ3n) is 2.32. The van der Waals surface area contributed by atoms with Crippen LogP contribution in [0.5, 0.6) is 0 Å². The van der Waals surface area contributed by atoms with E-state index in [-0.39, 0.29) is 0 Å². The second-order valence-corrected chi connectivity index (χ2v) is 4.00. The van der Waals surface area contributed by atoms with Crippen molar-refractivity contribution in [1.82, 2.24) is 4.98 Å². The Kier molecular flexibility index (Phi) is 3.73. The summed E-state index contributed by atoms with van der Waals surface area (Å²) in [6.07, 6.45) is 3.48. The fraction of sp³-hybridized carbons (Fsp3) is 0.0769. The van der Waals surface area contributed by atoms with Crippen LogP contribution in [-0.2, 0) is 6.54 Å². The first kappa shape index (κ1) is 11.6. The Morgan fingerprint density at radius 3 is 2.41 bits per heavy atom. The first-order valence-corrected chi connectivity index (χ1v) is 5.58. The standard InChI is InChI=1S/C13H12ClN3/c14-12-3-1-11(2-4-12)13(15)17-9-10-5-7-16-8-6-10/h1-8H,9H2,(H2,15,17). The molecule has 86 valence electrons. The van der Waals surface area contributed by atoms with Crippen molar-refractivity contribution in [1.29, 1.82) is 0 Å². The van der Waals surface area contributed by atoms with Crippen LogP contribution in [0, 0.1) is 0 Å². The summed E-state index contributed by atoms with van der Waals surface area (Å²) >= 11 is 5.80. The van der Waals surface area contributed by atoms with Crippen molar-refractivity contribution in [3.63, 3.8) is 0 Å². The average Bonchev–Trinajstić information content (AvgIpc) is 2.38. The molecule has 3 nitrogen and oxygen atoms in total. The second-order valence-electron chi connectivity index (χ2n) is 3.56. The highest BCUT2D eigenvalue weighted by Gasteiger charge is 1.98. The lowest BCUT2D eigenvalue weighted by molar-refractivity contribution is 1.05. The Bertz CT molecular complexity index is 506. The van der Waals surface area contributed by atoms with Crippen LogP contribution in [0.15, 0.2) is 53.8 Å². The second kappa shape index (κ2) is 5.46. The number of benzene rings is 1. The number of amidine groups is 1. The van der Waals surface area contributed by atoms with E-state index in [1.807, 2.05) is 24.3 Å². The normalized spacial score (nSPS) is 11.5. The molecule has 0 unspecified atom stereocenters. The monoisotopic (exact) mass is 245 g/mol. The molecule has 1 aromatic carbocycles. The Balaban J connectivity index is 2.10. The van der Waals surface area contributed by atoms with Crippen molar-refractivity contribution in [2.24, 2.45) is 10.7 Å². The smallest absolute Gasteiger partial charge is 0.125 e. The number of hydrogen-bond acceptors (Lipinski definition) is 2. The highest BCUT2D eigenvalue weighted by molar-refractivity contribution is 6.30. The van der Waals surface area contributed by atoms with Gasteiger partial charge in [0.2, 0.25) is 0 Å². The van der Waals surface area contributed by atoms with Crippen LogP contribution in [0.4, 0.5) is 0 Å². The fourth-order valence-corrected chi connectivity index (χ4v) is 1.50.